The van der Waals surface area contributed by atoms with Crippen LogP contribution in [0.25, 0.3) is 0 Å². The van der Waals surface area contributed by atoms with Gasteiger partial charge < -0.3 is 15.4 Å². The fourth-order valence-electron chi connectivity index (χ4n) is 2.87. The van der Waals surface area contributed by atoms with Crippen molar-refractivity contribution in [3.63, 3.8) is 0 Å². The van der Waals surface area contributed by atoms with E-state index in [1.54, 1.807) is 7.11 Å². The number of hydrogen-bond acceptors (Lipinski definition) is 3. The summed E-state index contributed by atoms with van der Waals surface area (Å²) in [5.74, 6) is -0.0200. The first-order valence-electron chi connectivity index (χ1n) is 7.30. The third-order valence-corrected chi connectivity index (χ3v) is 4.50. The van der Waals surface area contributed by atoms with E-state index >= 15 is 0 Å². The van der Waals surface area contributed by atoms with Crippen LogP contribution in [0.15, 0.2) is 22.7 Å². The Morgan fingerprint density at radius 1 is 1.38 bits per heavy atom. The van der Waals surface area contributed by atoms with Crippen LogP contribution >= 0.6 is 15.9 Å². The third-order valence-electron chi connectivity index (χ3n) is 4.04. The molecule has 2 rings (SSSR count). The molecule has 21 heavy (non-hydrogen) atoms. The van der Waals surface area contributed by atoms with Gasteiger partial charge in [-0.25, -0.2) is 0 Å². The van der Waals surface area contributed by atoms with Crippen molar-refractivity contribution in [2.24, 2.45) is 5.41 Å². The molecule has 1 aliphatic heterocycles. The Balaban J connectivity index is 2.01. The number of ether oxygens (including phenoxy) is 1. The highest BCUT2D eigenvalue weighted by atomic mass is 79.9. The Morgan fingerprint density at radius 3 is 2.71 bits per heavy atom. The lowest BCUT2D eigenvalue weighted by atomic mass is 9.79. The van der Waals surface area contributed by atoms with Gasteiger partial charge in [0.05, 0.1) is 6.61 Å². The van der Waals surface area contributed by atoms with Crippen LogP contribution in [0.3, 0.4) is 0 Å². The van der Waals surface area contributed by atoms with Gasteiger partial charge in [0, 0.05) is 29.1 Å². The van der Waals surface area contributed by atoms with Crippen LogP contribution in [-0.4, -0.2) is 39.3 Å². The zero-order valence-electron chi connectivity index (χ0n) is 12.7. The molecule has 5 heteroatoms. The van der Waals surface area contributed by atoms with Gasteiger partial charge >= 0.3 is 0 Å². The van der Waals surface area contributed by atoms with Gasteiger partial charge in [-0.05, 0) is 56.6 Å². The Bertz CT molecular complexity index is 473. The molecule has 2 N–H and O–H groups in total. The van der Waals surface area contributed by atoms with Crippen LogP contribution < -0.4 is 10.6 Å². The summed E-state index contributed by atoms with van der Waals surface area (Å²) in [6.45, 7) is 5.30. The van der Waals surface area contributed by atoms with E-state index < -0.39 is 0 Å². The molecular formula is C16H23BrN2O2. The molecule has 0 radical (unpaired) electrons. The van der Waals surface area contributed by atoms with Crippen LogP contribution in [-0.2, 0) is 4.74 Å². The Kier molecular flexibility index (Phi) is 5.79. The maximum absolute atomic E-state index is 12.3. The highest BCUT2D eigenvalue weighted by molar-refractivity contribution is 9.10. The fourth-order valence-corrected chi connectivity index (χ4v) is 3.48. The Morgan fingerprint density at radius 2 is 2.10 bits per heavy atom. The number of hydrogen-bond donors (Lipinski definition) is 2. The molecule has 1 amide bonds. The molecule has 116 valence electrons. The van der Waals surface area contributed by atoms with E-state index in [0.717, 1.165) is 36.0 Å². The average molecular weight is 355 g/mol. The van der Waals surface area contributed by atoms with E-state index in [0.29, 0.717) is 18.7 Å². The summed E-state index contributed by atoms with van der Waals surface area (Å²) >= 11 is 3.44. The molecule has 0 aromatic heterocycles. The van der Waals surface area contributed by atoms with Crippen molar-refractivity contribution in [3.05, 3.63) is 33.8 Å². The van der Waals surface area contributed by atoms with E-state index in [4.69, 9.17) is 4.74 Å². The predicted octanol–water partition coefficient (Wildman–Crippen LogP) is 2.50. The van der Waals surface area contributed by atoms with Gasteiger partial charge in [-0.1, -0.05) is 15.9 Å². The Labute approximate surface area is 134 Å². The zero-order valence-corrected chi connectivity index (χ0v) is 14.3. The zero-order chi connectivity index (χ0) is 15.3. The molecule has 0 atom stereocenters. The van der Waals surface area contributed by atoms with Gasteiger partial charge in [0.2, 0.25) is 0 Å². The average Bonchev–Trinajstić information content (AvgIpc) is 2.45. The molecule has 0 unspecified atom stereocenters. The van der Waals surface area contributed by atoms with E-state index in [9.17, 15) is 4.79 Å². The number of rotatable bonds is 5. The lowest BCUT2D eigenvalue weighted by Gasteiger charge is -2.37. The van der Waals surface area contributed by atoms with Crippen LogP contribution in [0.5, 0.6) is 0 Å². The van der Waals surface area contributed by atoms with Crippen LogP contribution in [0, 0.1) is 12.3 Å². The monoisotopic (exact) mass is 354 g/mol. The van der Waals surface area contributed by atoms with Crippen molar-refractivity contribution in [2.75, 3.05) is 33.4 Å². The van der Waals surface area contributed by atoms with E-state index in [1.807, 2.05) is 25.1 Å². The van der Waals surface area contributed by atoms with E-state index in [-0.39, 0.29) is 11.3 Å². The molecule has 1 aliphatic rings. The maximum Gasteiger partial charge on any atom is 0.251 e. The second-order valence-corrected chi connectivity index (χ2v) is 6.80. The maximum atomic E-state index is 12.3. The number of amides is 1. The first-order chi connectivity index (χ1) is 10.0. The van der Waals surface area contributed by atoms with Crippen LogP contribution in [0.4, 0.5) is 0 Å². The SMILES string of the molecule is COCC1(CNC(=O)c2cc(C)cc(Br)c2)CCNCC1. The van der Waals surface area contributed by atoms with Crippen molar-refractivity contribution >= 4 is 21.8 Å². The van der Waals surface area contributed by atoms with Gasteiger partial charge in [-0.15, -0.1) is 0 Å². The highest BCUT2D eigenvalue weighted by Gasteiger charge is 2.32. The smallest absolute Gasteiger partial charge is 0.251 e. The van der Waals surface area contributed by atoms with Gasteiger partial charge in [0.1, 0.15) is 0 Å². The molecule has 1 aromatic carbocycles. The first kappa shape index (κ1) is 16.5. The van der Waals surface area contributed by atoms with Crippen molar-refractivity contribution < 1.29 is 9.53 Å². The lowest BCUT2D eigenvalue weighted by Crippen LogP contribution is -2.47. The number of benzene rings is 1. The van der Waals surface area contributed by atoms with Crippen molar-refractivity contribution in [1.82, 2.24) is 10.6 Å². The summed E-state index contributed by atoms with van der Waals surface area (Å²) in [7, 11) is 1.73. The highest BCUT2D eigenvalue weighted by Crippen LogP contribution is 2.28. The topological polar surface area (TPSA) is 50.4 Å². The molecule has 4 nitrogen and oxygen atoms in total. The minimum absolute atomic E-state index is 0.0200. The van der Waals surface area contributed by atoms with Gasteiger partial charge in [0.25, 0.3) is 5.91 Å². The number of halogens is 1. The molecule has 0 saturated carbocycles. The second-order valence-electron chi connectivity index (χ2n) is 5.88. The van der Waals surface area contributed by atoms with Gasteiger partial charge in [-0.2, -0.15) is 0 Å². The quantitative estimate of drug-likeness (QED) is 0.853. The van der Waals surface area contributed by atoms with Crippen LogP contribution in [0.1, 0.15) is 28.8 Å². The van der Waals surface area contributed by atoms with Crippen molar-refractivity contribution in [2.45, 2.75) is 19.8 Å². The number of carbonyl (C=O) groups excluding carboxylic acids is 1. The normalized spacial score (nSPS) is 17.5. The van der Waals surface area contributed by atoms with Crippen molar-refractivity contribution in [1.29, 1.82) is 0 Å². The fraction of sp³-hybridized carbons (Fsp3) is 0.562. The number of aryl methyl sites for hydroxylation is 1. The minimum atomic E-state index is -0.0200. The molecule has 1 saturated heterocycles. The van der Waals surface area contributed by atoms with Gasteiger partial charge in [-0.3, -0.25) is 4.79 Å². The molecule has 1 fully saturated rings. The number of nitrogens with one attached hydrogen (secondary N) is 2. The lowest BCUT2D eigenvalue weighted by molar-refractivity contribution is 0.0511. The summed E-state index contributed by atoms with van der Waals surface area (Å²) in [4.78, 5) is 12.3. The van der Waals surface area contributed by atoms with Crippen LogP contribution in [0.2, 0.25) is 0 Å². The minimum Gasteiger partial charge on any atom is -0.384 e. The standard InChI is InChI=1S/C16H23BrN2O2/c1-12-7-13(9-14(17)8-12)15(20)19-10-16(11-21-2)3-5-18-6-4-16/h7-9,18H,3-6,10-11H2,1-2H3,(H,19,20). The number of piperidine rings is 1. The summed E-state index contributed by atoms with van der Waals surface area (Å²) in [5.41, 5.74) is 1.82. The van der Waals surface area contributed by atoms with Crippen molar-refractivity contribution in [3.8, 4) is 0 Å². The Hall–Kier alpha value is -0.910. The predicted molar refractivity (Wildman–Crippen MR) is 87.6 cm³/mol. The summed E-state index contributed by atoms with van der Waals surface area (Å²) in [5, 5.41) is 6.44. The first-order valence-corrected chi connectivity index (χ1v) is 8.09. The molecule has 0 aliphatic carbocycles. The molecule has 0 spiro atoms. The summed E-state index contributed by atoms with van der Waals surface area (Å²) in [6, 6.07) is 5.76. The second kappa shape index (κ2) is 7.38. The number of methoxy groups -OCH3 is 1. The summed E-state index contributed by atoms with van der Waals surface area (Å²) in [6.07, 6.45) is 2.05. The van der Waals surface area contributed by atoms with E-state index in [1.165, 1.54) is 0 Å². The molecular weight excluding hydrogens is 332 g/mol. The number of carbonyl (C=O) groups is 1. The summed E-state index contributed by atoms with van der Waals surface area (Å²) < 4.78 is 6.31. The van der Waals surface area contributed by atoms with E-state index in [2.05, 4.69) is 26.6 Å². The molecule has 0 bridgehead atoms. The largest absolute Gasteiger partial charge is 0.384 e. The molecule has 1 aromatic rings. The van der Waals surface area contributed by atoms with Gasteiger partial charge in [0.15, 0.2) is 0 Å². The molecule has 1 heterocycles. The third kappa shape index (κ3) is 4.53.